The number of hydrogen-bond donors (Lipinski definition) is 0. The number of carbonyl (C=O) groups is 2. The van der Waals surface area contributed by atoms with Gasteiger partial charge in [-0.15, -0.1) is 0 Å². The molecule has 0 saturated carbocycles. The molecule has 0 spiro atoms. The molecule has 0 aromatic heterocycles. The van der Waals surface area contributed by atoms with Gasteiger partial charge in [-0.1, -0.05) is 18.2 Å². The number of amides is 2. The summed E-state index contributed by atoms with van der Waals surface area (Å²) in [6.07, 6.45) is 2.08. The topological polar surface area (TPSA) is 59.1 Å². The van der Waals surface area contributed by atoms with Crippen molar-refractivity contribution in [2.75, 3.05) is 40.4 Å². The zero-order valence-electron chi connectivity index (χ0n) is 17.5. The molecule has 0 radical (unpaired) electrons. The summed E-state index contributed by atoms with van der Waals surface area (Å²) in [5, 5.41) is 0. The summed E-state index contributed by atoms with van der Waals surface area (Å²) >= 11 is 0. The van der Waals surface area contributed by atoms with Crippen LogP contribution >= 0.6 is 0 Å². The predicted octanol–water partition coefficient (Wildman–Crippen LogP) is 3.18. The lowest BCUT2D eigenvalue weighted by molar-refractivity contribution is -0.134. The van der Waals surface area contributed by atoms with Gasteiger partial charge in [0.25, 0.3) is 5.91 Å². The van der Waals surface area contributed by atoms with Crippen LogP contribution in [0.1, 0.15) is 34.7 Å². The quantitative estimate of drug-likeness (QED) is 0.763. The first-order chi connectivity index (χ1) is 14.6. The van der Waals surface area contributed by atoms with E-state index in [1.807, 2.05) is 53.4 Å². The van der Waals surface area contributed by atoms with Crippen molar-refractivity contribution in [1.29, 1.82) is 0 Å². The number of benzene rings is 2. The normalized spacial score (nSPS) is 21.0. The Hall–Kier alpha value is -3.02. The molecule has 2 amide bonds. The van der Waals surface area contributed by atoms with E-state index in [-0.39, 0.29) is 23.7 Å². The fourth-order valence-electron chi connectivity index (χ4n) is 4.60. The Bertz CT molecular complexity index is 909. The Kier molecular flexibility index (Phi) is 5.93. The van der Waals surface area contributed by atoms with Crippen LogP contribution in [0.15, 0.2) is 48.5 Å². The average molecular weight is 408 g/mol. The predicted molar refractivity (Wildman–Crippen MR) is 114 cm³/mol. The van der Waals surface area contributed by atoms with Crippen LogP contribution in [0.2, 0.25) is 0 Å². The van der Waals surface area contributed by atoms with Crippen molar-refractivity contribution in [2.24, 2.45) is 5.92 Å². The summed E-state index contributed by atoms with van der Waals surface area (Å²) in [6.45, 7) is 2.48. The lowest BCUT2D eigenvalue weighted by atomic mass is 9.87. The third-order valence-electron chi connectivity index (χ3n) is 6.20. The summed E-state index contributed by atoms with van der Waals surface area (Å²) in [5.41, 5.74) is 1.56. The maximum atomic E-state index is 13.4. The van der Waals surface area contributed by atoms with Crippen molar-refractivity contribution in [3.8, 4) is 11.5 Å². The van der Waals surface area contributed by atoms with Crippen molar-refractivity contribution in [2.45, 2.75) is 18.8 Å². The minimum absolute atomic E-state index is 0.0424. The highest BCUT2D eigenvalue weighted by atomic mass is 16.5. The maximum absolute atomic E-state index is 13.4. The number of hydrogen-bond acceptors (Lipinski definition) is 4. The Balaban J connectivity index is 1.68. The highest BCUT2D eigenvalue weighted by Crippen LogP contribution is 2.41. The smallest absolute Gasteiger partial charge is 0.253 e. The molecule has 30 heavy (non-hydrogen) atoms. The summed E-state index contributed by atoms with van der Waals surface area (Å²) in [7, 11) is 3.25. The monoisotopic (exact) mass is 408 g/mol. The van der Waals surface area contributed by atoms with Crippen molar-refractivity contribution in [1.82, 2.24) is 9.80 Å². The molecule has 6 nitrogen and oxygen atoms in total. The first kappa shape index (κ1) is 20.3. The van der Waals surface area contributed by atoms with Crippen LogP contribution in [-0.4, -0.2) is 62.0 Å². The van der Waals surface area contributed by atoms with Crippen LogP contribution in [0.5, 0.6) is 11.5 Å². The Morgan fingerprint density at radius 1 is 0.900 bits per heavy atom. The number of carbonyl (C=O) groups excluding carboxylic acids is 2. The molecule has 2 atom stereocenters. The SMILES string of the molecule is COc1ccc(OC)c([C@@H]2CN(C(=O)c3ccccc3)C[C@H]2C(=O)N2CCCC2)c1. The van der Waals surface area contributed by atoms with E-state index in [4.69, 9.17) is 9.47 Å². The second-order valence-electron chi connectivity index (χ2n) is 7.93. The Labute approximate surface area is 177 Å². The summed E-state index contributed by atoms with van der Waals surface area (Å²) in [4.78, 5) is 30.3. The zero-order chi connectivity index (χ0) is 21.1. The zero-order valence-corrected chi connectivity index (χ0v) is 17.5. The molecule has 2 fully saturated rings. The van der Waals surface area contributed by atoms with Crippen molar-refractivity contribution in [3.63, 3.8) is 0 Å². The number of likely N-dealkylation sites (tertiary alicyclic amines) is 2. The number of nitrogens with zero attached hydrogens (tertiary/aromatic N) is 2. The fraction of sp³-hybridized carbons (Fsp3) is 0.417. The number of ether oxygens (including phenoxy) is 2. The fourth-order valence-corrected chi connectivity index (χ4v) is 4.60. The molecule has 0 bridgehead atoms. The van der Waals surface area contributed by atoms with Crippen molar-refractivity contribution in [3.05, 3.63) is 59.7 Å². The Morgan fingerprint density at radius 3 is 2.30 bits per heavy atom. The summed E-state index contributed by atoms with van der Waals surface area (Å²) in [6, 6.07) is 14.9. The lowest BCUT2D eigenvalue weighted by Gasteiger charge is -2.25. The summed E-state index contributed by atoms with van der Waals surface area (Å²) in [5.74, 6) is 1.08. The van der Waals surface area contributed by atoms with Crippen molar-refractivity contribution >= 4 is 11.8 Å². The van der Waals surface area contributed by atoms with Gasteiger partial charge < -0.3 is 19.3 Å². The molecule has 2 aromatic carbocycles. The van der Waals surface area contributed by atoms with E-state index >= 15 is 0 Å². The van der Waals surface area contributed by atoms with Gasteiger partial charge in [0.1, 0.15) is 11.5 Å². The van der Waals surface area contributed by atoms with Crippen LogP contribution in [0.3, 0.4) is 0 Å². The van der Waals surface area contributed by atoms with Gasteiger partial charge in [-0.3, -0.25) is 9.59 Å². The molecule has 2 saturated heterocycles. The van der Waals surface area contributed by atoms with E-state index in [0.29, 0.717) is 30.2 Å². The minimum atomic E-state index is -0.295. The average Bonchev–Trinajstić information content (AvgIpc) is 3.49. The molecular weight excluding hydrogens is 380 g/mol. The highest BCUT2D eigenvalue weighted by Gasteiger charge is 2.43. The van der Waals surface area contributed by atoms with Gasteiger partial charge in [-0.25, -0.2) is 0 Å². The largest absolute Gasteiger partial charge is 0.497 e. The standard InChI is InChI=1S/C24H28N2O4/c1-29-18-10-11-22(30-2)19(14-18)20-15-26(23(27)17-8-4-3-5-9-17)16-21(20)24(28)25-12-6-7-13-25/h3-5,8-11,14,20-21H,6-7,12-13,15-16H2,1-2H3/t20-,21+/m0/s1. The molecule has 0 N–H and O–H groups in total. The second-order valence-corrected chi connectivity index (χ2v) is 7.93. The van der Waals surface area contributed by atoms with Crippen molar-refractivity contribution < 1.29 is 19.1 Å². The van der Waals surface area contributed by atoms with Crippen LogP contribution < -0.4 is 9.47 Å². The van der Waals surface area contributed by atoms with Gasteiger partial charge >= 0.3 is 0 Å². The molecular formula is C24H28N2O4. The first-order valence-corrected chi connectivity index (χ1v) is 10.5. The molecule has 0 aliphatic carbocycles. The number of methoxy groups -OCH3 is 2. The van der Waals surface area contributed by atoms with E-state index in [2.05, 4.69) is 0 Å². The Morgan fingerprint density at radius 2 is 1.63 bits per heavy atom. The van der Waals surface area contributed by atoms with Gasteiger partial charge in [-0.2, -0.15) is 0 Å². The second kappa shape index (κ2) is 8.78. The van der Waals surface area contributed by atoms with Gasteiger partial charge in [0.2, 0.25) is 5.91 Å². The van der Waals surface area contributed by atoms with Crippen LogP contribution in [0.4, 0.5) is 0 Å². The molecule has 2 aromatic rings. The van der Waals surface area contributed by atoms with E-state index in [1.54, 1.807) is 19.1 Å². The molecule has 2 heterocycles. The molecule has 2 aliphatic rings. The van der Waals surface area contributed by atoms with Crippen LogP contribution in [-0.2, 0) is 4.79 Å². The molecule has 6 heteroatoms. The van der Waals surface area contributed by atoms with E-state index in [0.717, 1.165) is 31.5 Å². The summed E-state index contributed by atoms with van der Waals surface area (Å²) < 4.78 is 11.0. The third-order valence-corrected chi connectivity index (χ3v) is 6.20. The van der Waals surface area contributed by atoms with Crippen LogP contribution in [0.25, 0.3) is 0 Å². The third kappa shape index (κ3) is 3.86. The number of rotatable bonds is 5. The van der Waals surface area contributed by atoms with Gasteiger partial charge in [-0.05, 0) is 43.2 Å². The van der Waals surface area contributed by atoms with E-state index in [1.165, 1.54) is 0 Å². The minimum Gasteiger partial charge on any atom is -0.497 e. The first-order valence-electron chi connectivity index (χ1n) is 10.5. The molecule has 2 aliphatic heterocycles. The maximum Gasteiger partial charge on any atom is 0.253 e. The van der Waals surface area contributed by atoms with Gasteiger partial charge in [0.15, 0.2) is 0 Å². The van der Waals surface area contributed by atoms with E-state index in [9.17, 15) is 9.59 Å². The molecule has 158 valence electrons. The van der Waals surface area contributed by atoms with Gasteiger partial charge in [0, 0.05) is 43.2 Å². The van der Waals surface area contributed by atoms with Gasteiger partial charge in [0.05, 0.1) is 20.1 Å². The lowest BCUT2D eigenvalue weighted by Crippen LogP contribution is -2.37. The van der Waals surface area contributed by atoms with Crippen LogP contribution in [0, 0.1) is 5.92 Å². The molecule has 4 rings (SSSR count). The highest BCUT2D eigenvalue weighted by molar-refractivity contribution is 5.95. The van der Waals surface area contributed by atoms with E-state index < -0.39 is 0 Å². The molecule has 0 unspecified atom stereocenters.